The number of aliphatic hydroxyl groups excluding tert-OH is 33. The molecule has 5 amide bonds. The van der Waals surface area contributed by atoms with Gasteiger partial charge in [-0.3, -0.25) is 24.0 Å². The van der Waals surface area contributed by atoms with Gasteiger partial charge >= 0.3 is 0 Å². The van der Waals surface area contributed by atoms with Crippen molar-refractivity contribution in [3.8, 4) is 0 Å². The molecule has 66 heteroatoms. The van der Waals surface area contributed by atoms with Gasteiger partial charge in [-0.15, -0.1) is 0 Å². The molecule has 0 bridgehead atoms. The predicted molar refractivity (Wildman–Crippen MR) is 453 cm³/mol. The van der Waals surface area contributed by atoms with Gasteiger partial charge in [0.1, 0.15) is 293 Å². The van der Waals surface area contributed by atoms with Crippen molar-refractivity contribution in [2.45, 2.75) is 403 Å². The summed E-state index contributed by atoms with van der Waals surface area (Å²) in [6.45, 7) is -9.25. The SMILES string of the molecule is CC(=O)N[C@H]1[C@H](OC[C@H]2O[C@@H](O[C@H]3[C@H](O)[C@@H](NC(C)=O)[C@H](O[C@H]4[C@@H](O)[C@@H](CO[C@@H]5O[C@H](CO)[C@@H](O[C@@H]6O[C@H](CO)[C@H](O)[C@H](O)[C@H]6O)[C@H](O)[C@H]5NC(C)=O)O[C@@H](O[C@H]5[C@H](O)[C@@H](NC(C)=O)[C@H](O[C@H]6[C@@H](O)[C@@H](CO)O[C@@H](O[C@H]7[C@H](O)[C@@H](O)[C@H](O)O[C@@H]7CO)[C@@H]6O)O[C@@H]5CO)[C@@H]4O)O[C@@H]3CO)[C@H](O)[C@@H](O[C@@H]3O[C@H](CO)[C@@H](O[C@@H]4O[C@H](CO)[C@H](O)[C@H](O)[C@H]4O)[C@H](O)[C@H]3NC(C)=O)[C@H]2O)O[C@H](CO)[C@@H](O[C@@H]2O[C@H](CO)[C@H](O)[C@@H](O)[C@H]2O)[C@@H]1O. The Balaban J connectivity index is 0.864. The Labute approximate surface area is 837 Å². The van der Waals surface area contributed by atoms with Crippen LogP contribution in [0, 0.1) is 0 Å². The van der Waals surface area contributed by atoms with Crippen molar-refractivity contribution in [3.63, 3.8) is 0 Å². The number of aliphatic hydroxyl groups is 33. The zero-order chi connectivity index (χ0) is 109. The van der Waals surface area contributed by atoms with Crippen LogP contribution in [0.4, 0.5) is 0 Å². The van der Waals surface area contributed by atoms with Gasteiger partial charge in [-0.25, -0.2) is 0 Å². The summed E-state index contributed by atoms with van der Waals surface area (Å²) in [6.07, 6.45) is -118. The lowest BCUT2D eigenvalue weighted by Crippen LogP contribution is -2.71. The van der Waals surface area contributed by atoms with Crippen LogP contribution in [-0.2, 0) is 133 Å². The second-order valence-corrected chi connectivity index (χ2v) is 37.4. The van der Waals surface area contributed by atoms with E-state index in [9.17, 15) is 192 Å². The molecular weight excluding hydrogens is 2030 g/mol. The highest BCUT2D eigenvalue weighted by Crippen LogP contribution is 2.43. The van der Waals surface area contributed by atoms with Gasteiger partial charge in [0.15, 0.2) is 75.5 Å². The molecule has 60 atom stereocenters. The minimum absolute atomic E-state index is 0.835. The van der Waals surface area contributed by atoms with Crippen LogP contribution in [0.5, 0.6) is 0 Å². The molecule has 0 aromatic carbocycles. The van der Waals surface area contributed by atoms with Gasteiger partial charge < -0.3 is 304 Å². The average Bonchev–Trinajstić information content (AvgIpc) is 0.761. The van der Waals surface area contributed by atoms with Crippen LogP contribution in [0.15, 0.2) is 0 Å². The van der Waals surface area contributed by atoms with Crippen molar-refractivity contribution < 1.29 is 301 Å². The molecule has 0 aromatic rings. The summed E-state index contributed by atoms with van der Waals surface area (Å²) >= 11 is 0. The third kappa shape index (κ3) is 26.9. The Hall–Kier alpha value is -4.89. The average molecular weight is 2170 g/mol. The first-order chi connectivity index (χ1) is 70.1. The van der Waals surface area contributed by atoms with E-state index in [0.29, 0.717) is 0 Å². The van der Waals surface area contributed by atoms with Crippen LogP contribution in [0.1, 0.15) is 34.6 Å². The first-order valence-electron chi connectivity index (χ1n) is 47.2. The highest BCUT2D eigenvalue weighted by atomic mass is 16.8. The first kappa shape index (κ1) is 122. The summed E-state index contributed by atoms with van der Waals surface area (Å²) in [5.74, 6) is -5.09. The summed E-state index contributed by atoms with van der Waals surface area (Å²) in [5.41, 5.74) is 0. The minimum atomic E-state index is -2.66. The molecular formula is C82H137N5O61. The van der Waals surface area contributed by atoms with E-state index in [2.05, 4.69) is 26.6 Å². The molecule has 12 aliphatic heterocycles. The molecule has 0 unspecified atom stereocenters. The number of amides is 5. The second kappa shape index (κ2) is 53.4. The van der Waals surface area contributed by atoms with E-state index < -0.39 is 477 Å². The Kier molecular flexibility index (Phi) is 43.9. The molecule has 856 valence electrons. The first-order valence-corrected chi connectivity index (χ1v) is 47.2. The zero-order valence-electron chi connectivity index (χ0n) is 79.3. The number of hydrogen-bond acceptors (Lipinski definition) is 61. The predicted octanol–water partition coefficient (Wildman–Crippen LogP) is -26.4. The van der Waals surface area contributed by atoms with Gasteiger partial charge in [0.2, 0.25) is 29.5 Å². The number of carbonyl (C=O) groups is 5. The van der Waals surface area contributed by atoms with Gasteiger partial charge in [-0.2, -0.15) is 0 Å². The van der Waals surface area contributed by atoms with E-state index in [4.69, 9.17) is 109 Å². The molecule has 66 nitrogen and oxygen atoms in total. The fourth-order valence-electron chi connectivity index (χ4n) is 19.3. The van der Waals surface area contributed by atoms with Crippen molar-refractivity contribution in [1.82, 2.24) is 26.6 Å². The van der Waals surface area contributed by atoms with Crippen molar-refractivity contribution in [1.29, 1.82) is 0 Å². The molecule has 0 spiro atoms. The number of rotatable bonds is 39. The molecule has 12 heterocycles. The summed E-state index contributed by atoms with van der Waals surface area (Å²) < 4.78 is 137. The maximum atomic E-state index is 13.7. The quantitative estimate of drug-likeness (QED) is 0.0272. The second-order valence-electron chi connectivity index (χ2n) is 37.4. The highest BCUT2D eigenvalue weighted by molar-refractivity contribution is 5.75. The van der Waals surface area contributed by atoms with Crippen LogP contribution >= 0.6 is 0 Å². The van der Waals surface area contributed by atoms with E-state index in [1.54, 1.807) is 0 Å². The fourth-order valence-corrected chi connectivity index (χ4v) is 19.3. The van der Waals surface area contributed by atoms with Crippen molar-refractivity contribution in [2.75, 3.05) is 79.3 Å². The van der Waals surface area contributed by atoms with Gasteiger partial charge in [0.25, 0.3) is 0 Å². The Morgan fingerprint density at radius 3 is 0.581 bits per heavy atom. The zero-order valence-corrected chi connectivity index (χ0v) is 79.3. The molecule has 12 saturated heterocycles. The molecule has 12 fully saturated rings. The Bertz CT molecular complexity index is 4130. The van der Waals surface area contributed by atoms with Crippen molar-refractivity contribution in [2.24, 2.45) is 0 Å². The topological polar surface area (TPSA) is 1030 Å². The lowest BCUT2D eigenvalue weighted by atomic mass is 9.93. The summed E-state index contributed by atoms with van der Waals surface area (Å²) in [6, 6.07) is -10.2. The maximum absolute atomic E-state index is 13.7. The molecule has 0 saturated carbocycles. The number of hydrogen-bond donors (Lipinski definition) is 38. The Morgan fingerprint density at radius 1 is 0.176 bits per heavy atom. The number of ether oxygens (including phenoxy) is 23. The normalized spacial score (nSPS) is 49.3. The van der Waals surface area contributed by atoms with Gasteiger partial charge in [0.05, 0.1) is 79.3 Å². The fraction of sp³-hybridized carbons (Fsp3) is 0.939. The summed E-state index contributed by atoms with van der Waals surface area (Å²) in [7, 11) is 0. The molecule has 38 N–H and O–H groups in total. The van der Waals surface area contributed by atoms with Crippen molar-refractivity contribution in [3.05, 3.63) is 0 Å². The van der Waals surface area contributed by atoms with Crippen LogP contribution in [-0.4, -0.2) is 645 Å². The maximum Gasteiger partial charge on any atom is 0.217 e. The third-order valence-corrected chi connectivity index (χ3v) is 27.1. The molecule has 12 rings (SSSR count). The van der Waals surface area contributed by atoms with Crippen LogP contribution in [0.3, 0.4) is 0 Å². The van der Waals surface area contributed by atoms with E-state index in [0.717, 1.165) is 34.6 Å². The minimum Gasteiger partial charge on any atom is -0.394 e. The lowest BCUT2D eigenvalue weighted by Gasteiger charge is -2.51. The molecule has 0 radical (unpaired) electrons. The van der Waals surface area contributed by atoms with Gasteiger partial charge in [-0.05, 0) is 0 Å². The van der Waals surface area contributed by atoms with E-state index in [1.165, 1.54) is 0 Å². The Morgan fingerprint density at radius 2 is 0.351 bits per heavy atom. The largest absolute Gasteiger partial charge is 0.394 e. The van der Waals surface area contributed by atoms with Gasteiger partial charge in [-0.1, -0.05) is 0 Å². The monoisotopic (exact) mass is 2170 g/mol. The molecule has 0 aromatic heterocycles. The third-order valence-electron chi connectivity index (χ3n) is 27.1. The highest BCUT2D eigenvalue weighted by Gasteiger charge is 2.64. The number of carbonyl (C=O) groups excluding carboxylic acids is 5. The molecule has 148 heavy (non-hydrogen) atoms. The van der Waals surface area contributed by atoms with E-state index in [-0.39, 0.29) is 0 Å². The van der Waals surface area contributed by atoms with Gasteiger partial charge in [0, 0.05) is 34.6 Å². The van der Waals surface area contributed by atoms with E-state index in [1.807, 2.05) is 0 Å². The van der Waals surface area contributed by atoms with E-state index >= 15 is 0 Å². The molecule has 12 aliphatic rings. The lowest BCUT2D eigenvalue weighted by molar-refractivity contribution is -0.392. The van der Waals surface area contributed by atoms with Crippen molar-refractivity contribution >= 4 is 29.5 Å². The van der Waals surface area contributed by atoms with Crippen LogP contribution in [0.2, 0.25) is 0 Å². The number of nitrogens with one attached hydrogen (secondary N) is 5. The standard InChI is InChI=1S/C82H137N5O61/c1-18(98)83-35-46(109)62(140-77-56(119)51(114)40(103)23(6-88)129-77)28(11-93)133-72(35)126-16-33-44(107)69(147-75-37(85-20(3)100)48(111)64(30(13-95)135-75)142-79-58(121)53(116)42(105)25(8-90)131-79)60(123)82(139-33)144-66-32(15-97)137-76(39(50(66)113)87-22(5)102)148-70-45(108)34(17-127-73-36(84-19(2)99)47(110)63(29(12-94)134-73)141-78-57(120)52(115)41(104)24(7-89)130-78)138-81(61(70)124)143-65-31(14-96)136-74(38(49(65)112)86-21(4)101)146-68-43(106)26(9-91)132-80(59(68)122)145-67-27(10-92)128-71(125)55(118)54(67)117/h23-82,88-97,103-125H,6-17H2,1-5H3,(H,83,98)(H,84,99)(H,85,100)(H,86,101)(H,87,102)/t23-,24-,25-,26-,27-,28-,29-,30-,31-,32-,33-,34-,35-,36-,37-,38-,39-,40+,41+,42+,43+,44+,45+,46-,47-,48-,49-,50-,51-,52+,53+,54-,55-,56-,57-,58-,59-,60-,61-,62-,63-,64-,65-,66-,67-,68+,69+,70+,71-,72-,73-,74+,75+,76+,77+,78+,79+,80+,81+,82+/m1/s1. The van der Waals surface area contributed by atoms with Crippen LogP contribution in [0.25, 0.3) is 0 Å². The summed E-state index contributed by atoms with van der Waals surface area (Å²) in [4.78, 5) is 66.2. The smallest absolute Gasteiger partial charge is 0.217 e. The summed E-state index contributed by atoms with van der Waals surface area (Å²) in [5, 5.41) is 382. The molecule has 0 aliphatic carbocycles. The van der Waals surface area contributed by atoms with Crippen LogP contribution < -0.4 is 26.6 Å².